The zero-order valence-corrected chi connectivity index (χ0v) is 19.2. The van der Waals surface area contributed by atoms with Gasteiger partial charge in [-0.05, 0) is 41.7 Å². The second-order valence-electron chi connectivity index (χ2n) is 7.36. The highest BCUT2D eigenvalue weighted by molar-refractivity contribution is 8.76. The lowest BCUT2D eigenvalue weighted by Gasteiger charge is -2.18. The third kappa shape index (κ3) is 4.89. The number of phenols is 1. The second-order valence-corrected chi connectivity index (χ2v) is 9.75. The zero-order valence-electron chi connectivity index (χ0n) is 17.6. The average Bonchev–Trinajstić information content (AvgIpc) is 3.24. The topological polar surface area (TPSA) is 99.7 Å². The number of fused-ring (bicyclic) bond motifs is 1. The normalized spacial score (nSPS) is 16.6. The first-order valence-corrected chi connectivity index (χ1v) is 12.4. The van der Waals surface area contributed by atoms with Crippen LogP contribution < -0.4 is 15.4 Å². The highest BCUT2D eigenvalue weighted by atomic mass is 33.1. The van der Waals surface area contributed by atoms with Crippen molar-refractivity contribution in [3.63, 3.8) is 0 Å². The summed E-state index contributed by atoms with van der Waals surface area (Å²) in [6, 6.07) is 9.38. The summed E-state index contributed by atoms with van der Waals surface area (Å²) in [6.45, 7) is 5.13. The number of hydrogen-bond donors (Lipinski definition) is 3. The summed E-state index contributed by atoms with van der Waals surface area (Å²) in [6.07, 6.45) is 4.72. The van der Waals surface area contributed by atoms with Crippen molar-refractivity contribution in [1.82, 2.24) is 14.7 Å². The molecule has 31 heavy (non-hydrogen) atoms. The first-order valence-electron chi connectivity index (χ1n) is 10.2. The molecule has 9 heteroatoms. The maximum atomic E-state index is 10.4. The van der Waals surface area contributed by atoms with E-state index in [0.717, 1.165) is 42.7 Å². The number of pyridine rings is 2. The lowest BCUT2D eigenvalue weighted by atomic mass is 10.0. The Kier molecular flexibility index (Phi) is 6.84. The molecule has 0 amide bonds. The number of aromatic nitrogens is 2. The highest BCUT2D eigenvalue weighted by Crippen LogP contribution is 2.35. The zero-order chi connectivity index (χ0) is 21.8. The smallest absolute Gasteiger partial charge is 0.159 e. The van der Waals surface area contributed by atoms with Crippen LogP contribution in [0.25, 0.3) is 22.3 Å². The molecule has 0 spiro atoms. The van der Waals surface area contributed by atoms with E-state index in [1.807, 2.05) is 29.1 Å². The fourth-order valence-corrected chi connectivity index (χ4v) is 5.80. The van der Waals surface area contributed by atoms with Crippen LogP contribution in [0.5, 0.6) is 5.75 Å². The van der Waals surface area contributed by atoms with E-state index in [1.165, 1.54) is 6.07 Å². The van der Waals surface area contributed by atoms with Gasteiger partial charge in [0.1, 0.15) is 5.75 Å². The molecule has 0 radical (unpaired) electrons. The molecule has 0 aliphatic carbocycles. The summed E-state index contributed by atoms with van der Waals surface area (Å²) in [5.74, 6) is 0.0882. The second kappa shape index (κ2) is 9.76. The van der Waals surface area contributed by atoms with Crippen LogP contribution in [0.3, 0.4) is 0 Å². The van der Waals surface area contributed by atoms with Crippen molar-refractivity contribution in [2.24, 2.45) is 4.99 Å². The molecule has 1 saturated heterocycles. The number of rotatable bonds is 7. The Bertz CT molecular complexity index is 1110. The molecule has 2 aromatic heterocycles. The van der Waals surface area contributed by atoms with Gasteiger partial charge in [0.05, 0.1) is 17.6 Å². The van der Waals surface area contributed by atoms with Crippen molar-refractivity contribution in [3.05, 3.63) is 42.1 Å². The molecule has 0 bridgehead atoms. The number of hydrogen-bond acceptors (Lipinski definition) is 9. The number of nitrogens with zero attached hydrogens (tertiary/aromatic N) is 4. The van der Waals surface area contributed by atoms with Crippen LogP contribution in [0.4, 0.5) is 11.4 Å². The van der Waals surface area contributed by atoms with Gasteiger partial charge in [0, 0.05) is 66.4 Å². The molecule has 1 fully saturated rings. The number of anilines is 2. The molecular weight excluding hydrogens is 428 g/mol. The molecule has 3 aromatic rings. The van der Waals surface area contributed by atoms with Crippen molar-refractivity contribution in [2.75, 3.05) is 37.3 Å². The van der Waals surface area contributed by atoms with E-state index in [0.29, 0.717) is 27.8 Å². The fraction of sp³-hybridized carbons (Fsp3) is 0.318. The fourth-order valence-electron chi connectivity index (χ4n) is 3.60. The Labute approximate surface area is 190 Å². The maximum absolute atomic E-state index is 10.4. The molecule has 4 rings (SSSR count). The Morgan fingerprint density at radius 2 is 2.23 bits per heavy atom. The van der Waals surface area contributed by atoms with Crippen molar-refractivity contribution in [1.29, 1.82) is 0 Å². The molecule has 1 aliphatic rings. The Hall–Kier alpha value is -2.49. The number of nitrogens with one attached hydrogen (secondary N) is 1. The maximum Gasteiger partial charge on any atom is 0.159 e. The van der Waals surface area contributed by atoms with E-state index in [9.17, 15) is 5.11 Å². The van der Waals surface area contributed by atoms with Crippen molar-refractivity contribution < 1.29 is 5.11 Å². The van der Waals surface area contributed by atoms with Gasteiger partial charge in [-0.1, -0.05) is 17.7 Å². The molecule has 0 saturated carbocycles. The molecule has 1 aromatic carbocycles. The SMILES string of the molecule is CCNSSC1CCN(c2cnc3nc(-c4cc(C=NC)c(N)cc4O)ccc3c2)C1. The van der Waals surface area contributed by atoms with Gasteiger partial charge in [-0.2, -0.15) is 0 Å². The summed E-state index contributed by atoms with van der Waals surface area (Å²) >= 11 is 0. The third-order valence-electron chi connectivity index (χ3n) is 5.17. The minimum absolute atomic E-state index is 0.0882. The molecule has 7 nitrogen and oxygen atoms in total. The van der Waals surface area contributed by atoms with Gasteiger partial charge in [-0.3, -0.25) is 9.71 Å². The monoisotopic (exact) mass is 454 g/mol. The van der Waals surface area contributed by atoms with Gasteiger partial charge in [0.25, 0.3) is 0 Å². The van der Waals surface area contributed by atoms with E-state index in [1.54, 1.807) is 30.3 Å². The molecule has 3 heterocycles. The lowest BCUT2D eigenvalue weighted by Crippen LogP contribution is -2.20. The quantitative estimate of drug-likeness (QED) is 0.161. The van der Waals surface area contributed by atoms with Crippen LogP contribution in [0.15, 0.2) is 41.5 Å². The largest absolute Gasteiger partial charge is 0.507 e. The van der Waals surface area contributed by atoms with Crippen LogP contribution in [0, 0.1) is 0 Å². The van der Waals surface area contributed by atoms with Gasteiger partial charge in [0.15, 0.2) is 5.65 Å². The van der Waals surface area contributed by atoms with E-state index < -0.39 is 0 Å². The number of nitrogens with two attached hydrogens (primary N) is 1. The molecule has 4 N–H and O–H groups in total. The Balaban J connectivity index is 1.56. The van der Waals surface area contributed by atoms with Crippen LogP contribution in [-0.2, 0) is 0 Å². The number of aromatic hydroxyl groups is 1. The van der Waals surface area contributed by atoms with Gasteiger partial charge in [-0.15, -0.1) is 0 Å². The van der Waals surface area contributed by atoms with Gasteiger partial charge >= 0.3 is 0 Å². The minimum Gasteiger partial charge on any atom is -0.507 e. The predicted molar refractivity (Wildman–Crippen MR) is 134 cm³/mol. The first-order chi connectivity index (χ1) is 15.1. The average molecular weight is 455 g/mol. The van der Waals surface area contributed by atoms with Crippen molar-refractivity contribution in [2.45, 2.75) is 18.6 Å². The van der Waals surface area contributed by atoms with E-state index in [4.69, 9.17) is 5.73 Å². The van der Waals surface area contributed by atoms with Gasteiger partial charge < -0.3 is 15.7 Å². The van der Waals surface area contributed by atoms with E-state index >= 15 is 0 Å². The third-order valence-corrected chi connectivity index (χ3v) is 7.79. The van der Waals surface area contributed by atoms with Crippen LogP contribution in [-0.4, -0.2) is 53.2 Å². The van der Waals surface area contributed by atoms with Crippen molar-refractivity contribution in [3.8, 4) is 17.0 Å². The van der Waals surface area contributed by atoms with E-state index in [-0.39, 0.29) is 5.75 Å². The number of aliphatic imine (C=N–C) groups is 1. The van der Waals surface area contributed by atoms with E-state index in [2.05, 4.69) is 37.6 Å². The minimum atomic E-state index is 0.0882. The standard InChI is InChI=1S/C22H26N6OS2/c1-3-26-31-30-17-6-7-28(13-17)16-8-14-4-5-20(27-22(14)25-12-16)18-9-15(11-24-2)19(23)10-21(18)29/h4-5,8-12,17,26,29H,3,6-7,13,23H2,1-2H3. The highest BCUT2D eigenvalue weighted by Gasteiger charge is 2.24. The van der Waals surface area contributed by atoms with Gasteiger partial charge in [-0.25, -0.2) is 9.97 Å². The molecule has 1 atom stereocenters. The number of benzene rings is 1. The van der Waals surface area contributed by atoms with Gasteiger partial charge in [0.2, 0.25) is 0 Å². The number of nitrogen functional groups attached to an aromatic ring is 1. The molecule has 1 unspecified atom stereocenters. The number of phenolic OH excluding ortho intramolecular Hbond substituents is 1. The summed E-state index contributed by atoms with van der Waals surface area (Å²) in [5, 5.41) is 12.0. The predicted octanol–water partition coefficient (Wildman–Crippen LogP) is 4.12. The summed E-state index contributed by atoms with van der Waals surface area (Å²) < 4.78 is 3.30. The lowest BCUT2D eigenvalue weighted by molar-refractivity contribution is 0.477. The summed E-state index contributed by atoms with van der Waals surface area (Å²) in [7, 11) is 5.32. The first kappa shape index (κ1) is 21.7. The summed E-state index contributed by atoms with van der Waals surface area (Å²) in [5.41, 5.74) is 10.2. The van der Waals surface area contributed by atoms with Crippen LogP contribution in [0.2, 0.25) is 0 Å². The van der Waals surface area contributed by atoms with Crippen LogP contribution in [0.1, 0.15) is 18.9 Å². The van der Waals surface area contributed by atoms with Crippen molar-refractivity contribution >= 4 is 50.4 Å². The molecule has 162 valence electrons. The Morgan fingerprint density at radius 3 is 3.03 bits per heavy atom. The van der Waals surface area contributed by atoms with Crippen LogP contribution >= 0.6 is 21.8 Å². The summed E-state index contributed by atoms with van der Waals surface area (Å²) in [4.78, 5) is 15.7. The molecule has 1 aliphatic heterocycles. The molecular formula is C22H26N6OS2. The Morgan fingerprint density at radius 1 is 1.35 bits per heavy atom.